The number of fused-ring (bicyclic) bond motifs is 1. The van der Waals surface area contributed by atoms with E-state index in [4.69, 9.17) is 8.97 Å². The van der Waals surface area contributed by atoms with Crippen LogP contribution in [0.5, 0.6) is 0 Å². The van der Waals surface area contributed by atoms with Gasteiger partial charge in [-0.15, -0.1) is 10.2 Å². The van der Waals surface area contributed by atoms with Gasteiger partial charge in [-0.05, 0) is 29.5 Å². The van der Waals surface area contributed by atoms with E-state index in [2.05, 4.69) is 20.6 Å². The van der Waals surface area contributed by atoms with Gasteiger partial charge in [0.05, 0.1) is 0 Å². The molecule has 0 unspecified atom stereocenters. The Labute approximate surface area is 111 Å². The molecule has 2 N–H and O–H groups in total. The van der Waals surface area contributed by atoms with Crippen LogP contribution in [0, 0.1) is 0 Å². The number of hydrogen-bond acceptors (Lipinski definition) is 7. The van der Waals surface area contributed by atoms with Gasteiger partial charge in [0, 0.05) is 10.9 Å². The summed E-state index contributed by atoms with van der Waals surface area (Å²) in [7, 11) is -4.65. The molecule has 0 saturated carbocycles. The first-order chi connectivity index (χ1) is 9.45. The highest BCUT2D eigenvalue weighted by Crippen LogP contribution is 2.22. The van der Waals surface area contributed by atoms with E-state index >= 15 is 0 Å². The van der Waals surface area contributed by atoms with Crippen LogP contribution in [0.2, 0.25) is 0 Å². The van der Waals surface area contributed by atoms with Crippen molar-refractivity contribution in [2.75, 3.05) is 0 Å². The molecule has 0 aliphatic carbocycles. The molecule has 0 atom stereocenters. The van der Waals surface area contributed by atoms with Crippen molar-refractivity contribution in [1.82, 2.24) is 20.6 Å². The lowest BCUT2D eigenvalue weighted by Gasteiger charge is -2.01. The van der Waals surface area contributed by atoms with E-state index in [1.165, 1.54) is 12.1 Å². The van der Waals surface area contributed by atoms with Crippen molar-refractivity contribution in [2.24, 2.45) is 0 Å². The Bertz CT molecular complexity index is 945. The third-order valence-electron chi connectivity index (χ3n) is 2.58. The number of nitrogens with one attached hydrogen (secondary N) is 1. The molecule has 2 aromatic heterocycles. The summed E-state index contributed by atoms with van der Waals surface area (Å²) in [5.74, 6) is 0.298. The predicted molar refractivity (Wildman–Crippen MR) is 65.5 cm³/mol. The summed E-state index contributed by atoms with van der Waals surface area (Å²) in [6.45, 7) is 0. The molecule has 0 bridgehead atoms. The number of aromatic nitrogens is 4. The number of aromatic amines is 1. The molecule has 0 spiro atoms. The lowest BCUT2D eigenvalue weighted by molar-refractivity contribution is 0.470. The normalized spacial score (nSPS) is 11.8. The van der Waals surface area contributed by atoms with Gasteiger partial charge < -0.3 is 4.42 Å². The van der Waals surface area contributed by atoms with Crippen LogP contribution in [0.1, 0.15) is 0 Å². The quantitative estimate of drug-likeness (QED) is 0.505. The van der Waals surface area contributed by atoms with E-state index in [0.29, 0.717) is 16.8 Å². The topological polar surface area (TPSA) is 139 Å². The first kappa shape index (κ1) is 12.4. The third-order valence-corrected chi connectivity index (χ3v) is 3.42. The van der Waals surface area contributed by atoms with E-state index in [-0.39, 0.29) is 5.58 Å². The number of tetrazole rings is 1. The van der Waals surface area contributed by atoms with E-state index in [0.717, 1.165) is 6.07 Å². The van der Waals surface area contributed by atoms with Gasteiger partial charge in [-0.1, -0.05) is 0 Å². The predicted octanol–water partition coefficient (Wildman–Crippen LogP) is 0.220. The molecule has 1 aromatic carbocycles. The lowest BCUT2D eigenvalue weighted by Crippen LogP contribution is -2.12. The fourth-order valence-corrected chi connectivity index (χ4v) is 2.24. The van der Waals surface area contributed by atoms with Gasteiger partial charge in [0.1, 0.15) is 5.58 Å². The zero-order valence-corrected chi connectivity index (χ0v) is 10.5. The molecular formula is C10H6N4O5S. The standard InChI is InChI=1S/C10H6N4O5S/c15-10-8(20(16,17)18)4-6-3-5(1-2-7(6)19-10)9-11-13-14-12-9/h1-4H,(H,16,17,18)(H,11,12,13,14). The molecule has 0 aliphatic heterocycles. The lowest BCUT2D eigenvalue weighted by atomic mass is 10.1. The highest BCUT2D eigenvalue weighted by Gasteiger charge is 2.18. The first-order valence-electron chi connectivity index (χ1n) is 5.24. The fraction of sp³-hybridized carbons (Fsp3) is 0. The maximum Gasteiger partial charge on any atom is 0.357 e. The minimum Gasteiger partial charge on any atom is -0.422 e. The maximum atomic E-state index is 11.4. The molecule has 2 heterocycles. The SMILES string of the molecule is O=c1oc2ccc(-c3nn[nH]n3)cc2cc1S(=O)(=O)O. The fourth-order valence-electron chi connectivity index (χ4n) is 1.71. The second-order valence-electron chi connectivity index (χ2n) is 3.86. The summed E-state index contributed by atoms with van der Waals surface area (Å²) in [6.07, 6.45) is 0. The van der Waals surface area contributed by atoms with Crippen LogP contribution in [0.4, 0.5) is 0 Å². The molecule has 9 nitrogen and oxygen atoms in total. The highest BCUT2D eigenvalue weighted by atomic mass is 32.2. The van der Waals surface area contributed by atoms with Crippen LogP contribution in [-0.4, -0.2) is 33.6 Å². The van der Waals surface area contributed by atoms with Gasteiger partial charge in [0.2, 0.25) is 5.82 Å². The minimum absolute atomic E-state index is 0.176. The summed E-state index contributed by atoms with van der Waals surface area (Å²) >= 11 is 0. The van der Waals surface area contributed by atoms with Crippen molar-refractivity contribution < 1.29 is 17.4 Å². The van der Waals surface area contributed by atoms with E-state index < -0.39 is 20.6 Å². The molecule has 0 amide bonds. The van der Waals surface area contributed by atoms with Crippen molar-refractivity contribution in [2.45, 2.75) is 4.90 Å². The van der Waals surface area contributed by atoms with Gasteiger partial charge in [-0.3, -0.25) is 4.55 Å². The van der Waals surface area contributed by atoms with Gasteiger partial charge in [-0.25, -0.2) is 4.79 Å². The highest BCUT2D eigenvalue weighted by molar-refractivity contribution is 7.85. The molecule has 0 aliphatic rings. The molecule has 3 rings (SSSR count). The zero-order valence-electron chi connectivity index (χ0n) is 9.64. The Morgan fingerprint density at radius 3 is 2.70 bits per heavy atom. The Kier molecular flexibility index (Phi) is 2.62. The van der Waals surface area contributed by atoms with Crippen molar-refractivity contribution in [3.8, 4) is 11.4 Å². The van der Waals surface area contributed by atoms with Gasteiger partial charge in [0.25, 0.3) is 0 Å². The molecule has 0 saturated heterocycles. The molecule has 0 radical (unpaired) electrons. The maximum absolute atomic E-state index is 11.4. The Hall–Kier alpha value is -2.59. The van der Waals surface area contributed by atoms with Crippen LogP contribution < -0.4 is 5.63 Å². The summed E-state index contributed by atoms with van der Waals surface area (Å²) in [6, 6.07) is 5.59. The summed E-state index contributed by atoms with van der Waals surface area (Å²) in [5.41, 5.74) is -0.414. The molecule has 20 heavy (non-hydrogen) atoms. The molecule has 10 heteroatoms. The monoisotopic (exact) mass is 294 g/mol. The Morgan fingerprint density at radius 2 is 2.05 bits per heavy atom. The molecule has 0 fully saturated rings. The number of nitrogens with zero attached hydrogens (tertiary/aromatic N) is 3. The average molecular weight is 294 g/mol. The van der Waals surface area contributed by atoms with Crippen molar-refractivity contribution in [1.29, 1.82) is 0 Å². The number of rotatable bonds is 2. The molecule has 3 aromatic rings. The van der Waals surface area contributed by atoms with E-state index in [1.54, 1.807) is 6.07 Å². The summed E-state index contributed by atoms with van der Waals surface area (Å²) < 4.78 is 35.9. The van der Waals surface area contributed by atoms with Crippen molar-refractivity contribution in [3.05, 3.63) is 34.7 Å². The molecular weight excluding hydrogens is 288 g/mol. The van der Waals surface area contributed by atoms with E-state index in [9.17, 15) is 13.2 Å². The van der Waals surface area contributed by atoms with Crippen LogP contribution in [0.3, 0.4) is 0 Å². The van der Waals surface area contributed by atoms with Crippen LogP contribution >= 0.6 is 0 Å². The Balaban J connectivity index is 2.29. The molecule has 102 valence electrons. The Morgan fingerprint density at radius 1 is 1.25 bits per heavy atom. The van der Waals surface area contributed by atoms with Crippen LogP contribution in [0.25, 0.3) is 22.4 Å². The summed E-state index contributed by atoms with van der Waals surface area (Å²) in [4.78, 5) is 10.6. The van der Waals surface area contributed by atoms with Crippen molar-refractivity contribution >= 4 is 21.1 Å². The first-order valence-corrected chi connectivity index (χ1v) is 6.68. The third kappa shape index (κ3) is 2.06. The van der Waals surface area contributed by atoms with Crippen LogP contribution in [0.15, 0.2) is 38.4 Å². The smallest absolute Gasteiger partial charge is 0.357 e. The number of hydrogen-bond donors (Lipinski definition) is 2. The average Bonchev–Trinajstić information content (AvgIpc) is 2.90. The van der Waals surface area contributed by atoms with Gasteiger partial charge >= 0.3 is 15.7 Å². The van der Waals surface area contributed by atoms with Crippen molar-refractivity contribution in [3.63, 3.8) is 0 Å². The minimum atomic E-state index is -4.65. The van der Waals surface area contributed by atoms with E-state index in [1.807, 2.05) is 0 Å². The number of benzene rings is 1. The van der Waals surface area contributed by atoms with Crippen LogP contribution in [-0.2, 0) is 10.1 Å². The summed E-state index contributed by atoms with van der Waals surface area (Å²) in [5, 5.41) is 13.5. The number of H-pyrrole nitrogens is 1. The second kappa shape index (κ2) is 4.21. The second-order valence-corrected chi connectivity index (χ2v) is 5.25. The zero-order chi connectivity index (χ0) is 14.3. The van der Waals surface area contributed by atoms with Gasteiger partial charge in [-0.2, -0.15) is 13.6 Å². The largest absolute Gasteiger partial charge is 0.422 e. The van der Waals surface area contributed by atoms with Gasteiger partial charge in [0.15, 0.2) is 4.90 Å².